The Morgan fingerprint density at radius 3 is 2.76 bits per heavy atom. The fraction of sp³-hybridized carbons (Fsp3) is 0. The van der Waals surface area contributed by atoms with E-state index in [1.807, 2.05) is 36.4 Å². The minimum Gasteiger partial charge on any atom is -0.284 e. The van der Waals surface area contributed by atoms with Gasteiger partial charge in [-0.2, -0.15) is 0 Å². The smallest absolute Gasteiger partial charge is 0.284 e. The lowest BCUT2D eigenvalue weighted by Crippen LogP contribution is -2.28. The summed E-state index contributed by atoms with van der Waals surface area (Å²) in [6.07, 6.45) is 3.06. The van der Waals surface area contributed by atoms with Gasteiger partial charge >= 0.3 is 4.83 Å². The molecular weight excluding hydrogens is 286 g/mol. The molecule has 4 aromatic rings. The van der Waals surface area contributed by atoms with Crippen molar-refractivity contribution in [3.05, 3.63) is 65.3 Å². The Kier molecular flexibility index (Phi) is 2.52. The zero-order valence-electron chi connectivity index (χ0n) is 10.8. The van der Waals surface area contributed by atoms with E-state index in [2.05, 4.69) is 4.98 Å². The molecule has 0 radical (unpaired) electrons. The number of hydrogen-bond acceptors (Lipinski definition) is 4. The average Bonchev–Trinajstić information content (AvgIpc) is 2.90. The summed E-state index contributed by atoms with van der Waals surface area (Å²) in [5.74, 6) is 0. The Labute approximate surface area is 122 Å². The monoisotopic (exact) mass is 296 g/mol. The molecule has 0 atom stereocenters. The summed E-state index contributed by atoms with van der Waals surface area (Å²) in [6.45, 7) is 0. The van der Waals surface area contributed by atoms with E-state index < -0.39 is 0 Å². The minimum atomic E-state index is -0.132. The summed E-state index contributed by atoms with van der Waals surface area (Å²) in [6, 6.07) is 12.9. The highest BCUT2D eigenvalue weighted by Gasteiger charge is 2.19. The van der Waals surface area contributed by atoms with Crippen LogP contribution >= 0.6 is 11.3 Å². The molecule has 0 aliphatic carbocycles. The van der Waals surface area contributed by atoms with E-state index in [0.29, 0.717) is 15.0 Å². The molecule has 0 unspecified atom stereocenters. The van der Waals surface area contributed by atoms with Crippen molar-refractivity contribution in [1.82, 2.24) is 9.55 Å². The van der Waals surface area contributed by atoms with Gasteiger partial charge in [-0.3, -0.25) is 14.6 Å². The number of pyridine rings is 1. The average molecular weight is 296 g/mol. The predicted octanol–water partition coefficient (Wildman–Crippen LogP) is 2.13. The zero-order chi connectivity index (χ0) is 14.4. The molecule has 4 rings (SSSR count). The van der Waals surface area contributed by atoms with E-state index in [1.165, 1.54) is 28.4 Å². The van der Waals surface area contributed by atoms with Crippen molar-refractivity contribution in [3.8, 4) is 5.69 Å². The molecule has 3 heterocycles. The molecule has 0 aliphatic rings. The van der Waals surface area contributed by atoms with Gasteiger partial charge in [-0.05, 0) is 18.2 Å². The van der Waals surface area contributed by atoms with E-state index in [-0.39, 0.29) is 5.56 Å². The molecule has 0 bridgehead atoms. The van der Waals surface area contributed by atoms with Crippen molar-refractivity contribution in [2.75, 3.05) is 0 Å². The third-order valence-electron chi connectivity index (χ3n) is 3.35. The Hall–Kier alpha value is -2.73. The summed E-state index contributed by atoms with van der Waals surface area (Å²) in [4.78, 5) is 17.7. The Morgan fingerprint density at radius 2 is 1.95 bits per heavy atom. The van der Waals surface area contributed by atoms with E-state index in [0.717, 1.165) is 15.8 Å². The predicted molar refractivity (Wildman–Crippen MR) is 80.1 cm³/mol. The van der Waals surface area contributed by atoms with Crippen molar-refractivity contribution >= 4 is 31.8 Å². The molecule has 21 heavy (non-hydrogen) atoms. The van der Waals surface area contributed by atoms with Crippen LogP contribution in [-0.2, 0) is 0 Å². The molecule has 3 aromatic heterocycles. The molecule has 0 spiro atoms. The van der Waals surface area contributed by atoms with Crippen LogP contribution in [0.15, 0.2) is 59.8 Å². The standard InChI is InChI=1S/C15H10N3O2S/c19-14-13-12(11-7-4-8-18(20)15(11)21-13)16-9-17(14)10-5-2-1-3-6-10/h1-9,20H/q+1. The van der Waals surface area contributed by atoms with Crippen LogP contribution in [0.4, 0.5) is 0 Å². The van der Waals surface area contributed by atoms with E-state index in [1.54, 1.807) is 6.07 Å². The number of nitrogens with zero attached hydrogens (tertiary/aromatic N) is 3. The van der Waals surface area contributed by atoms with Crippen molar-refractivity contribution in [2.24, 2.45) is 0 Å². The molecule has 6 heteroatoms. The van der Waals surface area contributed by atoms with Crippen LogP contribution in [0.2, 0.25) is 0 Å². The van der Waals surface area contributed by atoms with Crippen LogP contribution in [0.1, 0.15) is 0 Å². The van der Waals surface area contributed by atoms with Gasteiger partial charge in [0.25, 0.3) is 5.56 Å². The summed E-state index contributed by atoms with van der Waals surface area (Å²) in [7, 11) is 0. The number of hydrogen-bond donors (Lipinski definition) is 1. The van der Waals surface area contributed by atoms with Crippen LogP contribution in [0.3, 0.4) is 0 Å². The highest BCUT2D eigenvalue weighted by Crippen LogP contribution is 2.27. The fourth-order valence-electron chi connectivity index (χ4n) is 2.36. The first-order chi connectivity index (χ1) is 10.3. The first kappa shape index (κ1) is 12.0. The number of para-hydroxylation sites is 1. The van der Waals surface area contributed by atoms with Crippen molar-refractivity contribution in [3.63, 3.8) is 0 Å². The quantitative estimate of drug-likeness (QED) is 0.432. The molecule has 1 N–H and O–H groups in total. The number of benzene rings is 1. The molecule has 5 nitrogen and oxygen atoms in total. The summed E-state index contributed by atoms with van der Waals surface area (Å²) >= 11 is 1.24. The number of thiophene rings is 1. The van der Waals surface area contributed by atoms with Gasteiger partial charge in [0, 0.05) is 10.8 Å². The Bertz CT molecular complexity index is 1020. The molecule has 102 valence electrons. The SMILES string of the molecule is O=c1c2sc3c(ccc[n+]3O)c2ncn1-c1ccccc1. The summed E-state index contributed by atoms with van der Waals surface area (Å²) in [5, 5.41) is 10.6. The Balaban J connectivity index is 2.11. The van der Waals surface area contributed by atoms with Gasteiger partial charge in [-0.15, -0.1) is 0 Å². The fourth-order valence-corrected chi connectivity index (χ4v) is 3.42. The maximum Gasteiger partial charge on any atom is 0.322 e. The van der Waals surface area contributed by atoms with Crippen LogP contribution in [0.25, 0.3) is 26.1 Å². The second kappa shape index (κ2) is 4.39. The normalized spacial score (nSPS) is 11.2. The van der Waals surface area contributed by atoms with Gasteiger partial charge in [-0.1, -0.05) is 29.5 Å². The Morgan fingerprint density at radius 1 is 1.14 bits per heavy atom. The van der Waals surface area contributed by atoms with Gasteiger partial charge in [-0.25, -0.2) is 4.98 Å². The van der Waals surface area contributed by atoms with Crippen LogP contribution in [-0.4, -0.2) is 14.8 Å². The van der Waals surface area contributed by atoms with Gasteiger partial charge in [0.15, 0.2) is 0 Å². The van der Waals surface area contributed by atoms with Crippen molar-refractivity contribution in [1.29, 1.82) is 0 Å². The maximum atomic E-state index is 12.7. The van der Waals surface area contributed by atoms with E-state index in [9.17, 15) is 10.0 Å². The molecule has 0 saturated carbocycles. The lowest BCUT2D eigenvalue weighted by molar-refractivity contribution is -0.883. The number of rotatable bonds is 1. The topological polar surface area (TPSA) is 59.0 Å². The third kappa shape index (κ3) is 1.73. The summed E-state index contributed by atoms with van der Waals surface area (Å²) < 4.78 is 3.07. The largest absolute Gasteiger partial charge is 0.322 e. The molecule has 0 aliphatic heterocycles. The van der Waals surface area contributed by atoms with Gasteiger partial charge in [0.05, 0.1) is 11.1 Å². The van der Waals surface area contributed by atoms with Gasteiger partial charge in [0.2, 0.25) is 6.20 Å². The van der Waals surface area contributed by atoms with Crippen molar-refractivity contribution in [2.45, 2.75) is 0 Å². The second-order valence-corrected chi connectivity index (χ2v) is 5.61. The zero-order valence-corrected chi connectivity index (χ0v) is 11.6. The minimum absolute atomic E-state index is 0.132. The molecule has 0 amide bonds. The first-order valence-corrected chi connectivity index (χ1v) is 7.16. The lowest BCUT2D eigenvalue weighted by atomic mass is 10.3. The van der Waals surface area contributed by atoms with Crippen LogP contribution in [0, 0.1) is 0 Å². The number of fused-ring (bicyclic) bond motifs is 3. The lowest BCUT2D eigenvalue weighted by Gasteiger charge is -2.03. The first-order valence-electron chi connectivity index (χ1n) is 6.35. The summed E-state index contributed by atoms with van der Waals surface area (Å²) in [5.41, 5.74) is 1.26. The van der Waals surface area contributed by atoms with Crippen molar-refractivity contribution < 1.29 is 9.94 Å². The molecule has 0 fully saturated rings. The molecule has 1 aromatic carbocycles. The van der Waals surface area contributed by atoms with E-state index >= 15 is 0 Å². The highest BCUT2D eigenvalue weighted by molar-refractivity contribution is 7.24. The van der Waals surface area contributed by atoms with Crippen LogP contribution < -0.4 is 10.3 Å². The molecular formula is C15H10N3O2S+. The van der Waals surface area contributed by atoms with Gasteiger partial charge < -0.3 is 0 Å². The molecule has 0 saturated heterocycles. The third-order valence-corrected chi connectivity index (χ3v) is 4.52. The second-order valence-electron chi connectivity index (χ2n) is 4.61. The number of aromatic nitrogens is 3. The highest BCUT2D eigenvalue weighted by atomic mass is 32.1. The van der Waals surface area contributed by atoms with Crippen LogP contribution in [0.5, 0.6) is 0 Å². The maximum absolute atomic E-state index is 12.7. The van der Waals surface area contributed by atoms with Gasteiger partial charge in [0.1, 0.15) is 16.5 Å². The van der Waals surface area contributed by atoms with E-state index in [4.69, 9.17) is 0 Å².